The van der Waals surface area contributed by atoms with Gasteiger partial charge in [-0.1, -0.05) is 29.8 Å². The molecule has 0 amide bonds. The van der Waals surface area contributed by atoms with Crippen LogP contribution in [0.5, 0.6) is 11.5 Å². The van der Waals surface area contributed by atoms with Crippen LogP contribution in [0.15, 0.2) is 48.5 Å². The monoisotopic (exact) mass is 345 g/mol. The molecule has 1 saturated heterocycles. The minimum Gasteiger partial charge on any atom is -0.493 e. The van der Waals surface area contributed by atoms with Gasteiger partial charge in [-0.2, -0.15) is 0 Å². The molecule has 1 aliphatic rings. The van der Waals surface area contributed by atoms with E-state index >= 15 is 0 Å². The standard InChI is InChI=1S/C20H24ClNO2/c21-18-3-1-4-20(15-18)24-14-2-13-23-19-7-5-16(6-8-19)17-9-11-22-12-10-17/h1,3-8,15,17,22H,2,9-14H2. The molecule has 0 radical (unpaired) electrons. The van der Waals surface area contributed by atoms with Crippen molar-refractivity contribution in [1.82, 2.24) is 5.32 Å². The van der Waals surface area contributed by atoms with Gasteiger partial charge in [-0.05, 0) is 67.7 Å². The summed E-state index contributed by atoms with van der Waals surface area (Å²) in [5.74, 6) is 2.41. The van der Waals surface area contributed by atoms with Gasteiger partial charge in [-0.3, -0.25) is 0 Å². The van der Waals surface area contributed by atoms with Gasteiger partial charge in [0.2, 0.25) is 0 Å². The average molecular weight is 346 g/mol. The maximum Gasteiger partial charge on any atom is 0.120 e. The van der Waals surface area contributed by atoms with Crippen molar-refractivity contribution in [2.45, 2.75) is 25.2 Å². The quantitative estimate of drug-likeness (QED) is 0.740. The lowest BCUT2D eigenvalue weighted by Gasteiger charge is -2.23. The fourth-order valence-electron chi connectivity index (χ4n) is 2.99. The molecule has 0 bridgehead atoms. The predicted octanol–water partition coefficient (Wildman–Crippen LogP) is 4.65. The Hall–Kier alpha value is -1.71. The summed E-state index contributed by atoms with van der Waals surface area (Å²) in [7, 11) is 0. The van der Waals surface area contributed by atoms with Crippen LogP contribution in [0.3, 0.4) is 0 Å². The largest absolute Gasteiger partial charge is 0.493 e. The highest BCUT2D eigenvalue weighted by Gasteiger charge is 2.14. The van der Waals surface area contributed by atoms with Crippen molar-refractivity contribution in [1.29, 1.82) is 0 Å². The second kappa shape index (κ2) is 8.95. The minimum absolute atomic E-state index is 0.619. The molecule has 0 aromatic heterocycles. The van der Waals surface area contributed by atoms with Crippen LogP contribution in [0.1, 0.15) is 30.7 Å². The van der Waals surface area contributed by atoms with Gasteiger partial charge in [-0.15, -0.1) is 0 Å². The Morgan fingerprint density at radius 2 is 1.62 bits per heavy atom. The van der Waals surface area contributed by atoms with E-state index in [1.54, 1.807) is 0 Å². The zero-order valence-corrected chi connectivity index (χ0v) is 14.6. The first kappa shape index (κ1) is 17.1. The van der Waals surface area contributed by atoms with Crippen molar-refractivity contribution in [2.24, 2.45) is 0 Å². The molecule has 3 rings (SSSR count). The Morgan fingerprint density at radius 1 is 0.917 bits per heavy atom. The van der Waals surface area contributed by atoms with Gasteiger partial charge in [0.1, 0.15) is 11.5 Å². The molecule has 1 N–H and O–H groups in total. The van der Waals surface area contributed by atoms with E-state index in [4.69, 9.17) is 21.1 Å². The Labute approximate surface area is 148 Å². The van der Waals surface area contributed by atoms with Crippen molar-refractivity contribution < 1.29 is 9.47 Å². The van der Waals surface area contributed by atoms with E-state index in [9.17, 15) is 0 Å². The van der Waals surface area contributed by atoms with Crippen molar-refractivity contribution >= 4 is 11.6 Å². The molecule has 0 saturated carbocycles. The van der Waals surface area contributed by atoms with Crippen molar-refractivity contribution in [3.63, 3.8) is 0 Å². The fraction of sp³-hybridized carbons (Fsp3) is 0.400. The molecule has 0 unspecified atom stereocenters. The first-order chi connectivity index (χ1) is 11.8. The lowest BCUT2D eigenvalue weighted by molar-refractivity contribution is 0.247. The van der Waals surface area contributed by atoms with Crippen LogP contribution in [0, 0.1) is 0 Å². The van der Waals surface area contributed by atoms with Crippen LogP contribution in [0.2, 0.25) is 5.02 Å². The molecule has 3 nitrogen and oxygen atoms in total. The first-order valence-electron chi connectivity index (χ1n) is 8.63. The molecule has 1 fully saturated rings. The van der Waals surface area contributed by atoms with Gasteiger partial charge < -0.3 is 14.8 Å². The van der Waals surface area contributed by atoms with Crippen LogP contribution < -0.4 is 14.8 Å². The van der Waals surface area contributed by atoms with Gasteiger partial charge in [0.25, 0.3) is 0 Å². The lowest BCUT2D eigenvalue weighted by Crippen LogP contribution is -2.26. The average Bonchev–Trinajstić information content (AvgIpc) is 2.63. The zero-order chi connectivity index (χ0) is 16.6. The first-order valence-corrected chi connectivity index (χ1v) is 9.01. The van der Waals surface area contributed by atoms with Crippen LogP contribution in [-0.4, -0.2) is 26.3 Å². The van der Waals surface area contributed by atoms with E-state index in [1.165, 1.54) is 18.4 Å². The number of ether oxygens (including phenoxy) is 2. The number of hydrogen-bond donors (Lipinski definition) is 1. The maximum atomic E-state index is 5.93. The molecule has 0 atom stereocenters. The molecule has 0 spiro atoms. The highest BCUT2D eigenvalue weighted by molar-refractivity contribution is 6.30. The lowest BCUT2D eigenvalue weighted by atomic mass is 9.90. The third-order valence-electron chi connectivity index (χ3n) is 4.31. The van der Waals surface area contributed by atoms with Gasteiger partial charge in [0.15, 0.2) is 0 Å². The normalized spacial score (nSPS) is 15.2. The van der Waals surface area contributed by atoms with E-state index in [0.717, 1.165) is 31.0 Å². The maximum absolute atomic E-state index is 5.93. The summed E-state index contributed by atoms with van der Waals surface area (Å²) in [5, 5.41) is 4.10. The highest BCUT2D eigenvalue weighted by Crippen LogP contribution is 2.26. The van der Waals surface area contributed by atoms with E-state index < -0.39 is 0 Å². The molecule has 2 aromatic carbocycles. The molecule has 1 heterocycles. The zero-order valence-electron chi connectivity index (χ0n) is 13.8. The number of rotatable bonds is 7. The topological polar surface area (TPSA) is 30.5 Å². The van der Waals surface area contributed by atoms with E-state index in [2.05, 4.69) is 29.6 Å². The van der Waals surface area contributed by atoms with Crippen molar-refractivity contribution in [2.75, 3.05) is 26.3 Å². The number of piperidine rings is 1. The Bertz CT molecular complexity index is 624. The SMILES string of the molecule is Clc1cccc(OCCCOc2ccc(C3CCNCC3)cc2)c1. The van der Waals surface area contributed by atoms with Crippen molar-refractivity contribution in [3.05, 3.63) is 59.1 Å². The van der Waals surface area contributed by atoms with Gasteiger partial charge in [0.05, 0.1) is 13.2 Å². The van der Waals surface area contributed by atoms with Gasteiger partial charge >= 0.3 is 0 Å². The van der Waals surface area contributed by atoms with Gasteiger partial charge in [0, 0.05) is 11.4 Å². The summed E-state index contributed by atoms with van der Waals surface area (Å²) in [5.41, 5.74) is 1.42. The van der Waals surface area contributed by atoms with Crippen LogP contribution in [0.25, 0.3) is 0 Å². The van der Waals surface area contributed by atoms with Gasteiger partial charge in [-0.25, -0.2) is 0 Å². The number of nitrogens with one attached hydrogen (secondary N) is 1. The smallest absolute Gasteiger partial charge is 0.120 e. The molecular weight excluding hydrogens is 322 g/mol. The molecular formula is C20H24ClNO2. The molecule has 128 valence electrons. The third kappa shape index (κ3) is 5.15. The van der Waals surface area contributed by atoms with Crippen LogP contribution >= 0.6 is 11.6 Å². The van der Waals surface area contributed by atoms with E-state index in [1.807, 2.05) is 24.3 Å². The second-order valence-electron chi connectivity index (χ2n) is 6.10. The highest BCUT2D eigenvalue weighted by atomic mass is 35.5. The third-order valence-corrected chi connectivity index (χ3v) is 4.55. The summed E-state index contributed by atoms with van der Waals surface area (Å²) in [4.78, 5) is 0. The molecule has 0 aliphatic carbocycles. The summed E-state index contributed by atoms with van der Waals surface area (Å²) >= 11 is 5.93. The molecule has 1 aliphatic heterocycles. The number of hydrogen-bond acceptors (Lipinski definition) is 3. The number of benzene rings is 2. The Morgan fingerprint density at radius 3 is 2.33 bits per heavy atom. The van der Waals surface area contributed by atoms with Crippen molar-refractivity contribution in [3.8, 4) is 11.5 Å². The van der Waals surface area contributed by atoms with Crippen LogP contribution in [-0.2, 0) is 0 Å². The molecule has 2 aromatic rings. The predicted molar refractivity (Wildman–Crippen MR) is 98.3 cm³/mol. The summed E-state index contributed by atoms with van der Waals surface area (Å²) in [6.45, 7) is 3.51. The summed E-state index contributed by atoms with van der Waals surface area (Å²) < 4.78 is 11.4. The minimum atomic E-state index is 0.619. The number of halogens is 1. The fourth-order valence-corrected chi connectivity index (χ4v) is 3.17. The molecule has 4 heteroatoms. The second-order valence-corrected chi connectivity index (χ2v) is 6.54. The molecule has 24 heavy (non-hydrogen) atoms. The Balaban J connectivity index is 1.37. The van der Waals surface area contributed by atoms with E-state index in [0.29, 0.717) is 24.2 Å². The summed E-state index contributed by atoms with van der Waals surface area (Å²) in [6.07, 6.45) is 3.28. The van der Waals surface area contributed by atoms with E-state index in [-0.39, 0.29) is 0 Å². The Kier molecular flexibility index (Phi) is 6.39. The van der Waals surface area contributed by atoms with Crippen LogP contribution in [0.4, 0.5) is 0 Å². The summed E-state index contributed by atoms with van der Waals surface area (Å²) in [6, 6.07) is 16.0.